The molecule has 4 nitrogen and oxygen atoms in total. The van der Waals surface area contributed by atoms with Crippen molar-refractivity contribution in [2.24, 2.45) is 0 Å². The Bertz CT molecular complexity index is 892. The van der Waals surface area contributed by atoms with E-state index >= 15 is 0 Å². The number of rotatable bonds is 3. The van der Waals surface area contributed by atoms with E-state index in [1.165, 1.54) is 16.1 Å². The molecule has 118 valence electrons. The first kappa shape index (κ1) is 14.7. The van der Waals surface area contributed by atoms with Gasteiger partial charge in [0, 0.05) is 29.3 Å². The molecule has 0 amide bonds. The average molecular weight is 332 g/mol. The molecule has 0 aliphatic carbocycles. The highest BCUT2D eigenvalue weighted by molar-refractivity contribution is 7.10. The van der Waals surface area contributed by atoms with Crippen LogP contribution in [0, 0.1) is 11.3 Å². The van der Waals surface area contributed by atoms with Crippen LogP contribution in [0.4, 0.5) is 17.2 Å². The number of thiophene rings is 1. The number of hydrogen-bond donors (Lipinski definition) is 1. The molecule has 24 heavy (non-hydrogen) atoms. The van der Waals surface area contributed by atoms with Gasteiger partial charge in [-0.2, -0.15) is 5.26 Å². The lowest BCUT2D eigenvalue weighted by Gasteiger charge is -2.29. The smallest absolute Gasteiger partial charge is 0.142 e. The van der Waals surface area contributed by atoms with Gasteiger partial charge >= 0.3 is 0 Å². The third-order valence-electron chi connectivity index (χ3n) is 4.18. The molecule has 1 aromatic carbocycles. The van der Waals surface area contributed by atoms with Gasteiger partial charge in [0.05, 0.1) is 0 Å². The minimum atomic E-state index is 0.413. The van der Waals surface area contributed by atoms with Crippen LogP contribution in [-0.2, 0) is 13.0 Å². The summed E-state index contributed by atoms with van der Waals surface area (Å²) in [5, 5.41) is 14.3. The Labute approximate surface area is 145 Å². The first-order valence-corrected chi connectivity index (χ1v) is 8.74. The topological polar surface area (TPSA) is 52.0 Å². The predicted molar refractivity (Wildman–Crippen MR) is 97.7 cm³/mol. The fraction of sp³-hybridized carbons (Fsp3) is 0.158. The molecule has 0 saturated heterocycles. The molecule has 0 spiro atoms. The quantitative estimate of drug-likeness (QED) is 0.776. The lowest BCUT2D eigenvalue weighted by atomic mass is 10.1. The van der Waals surface area contributed by atoms with E-state index in [4.69, 9.17) is 5.26 Å². The Morgan fingerprint density at radius 1 is 1.12 bits per heavy atom. The van der Waals surface area contributed by atoms with Crippen LogP contribution in [0.25, 0.3) is 0 Å². The lowest BCUT2D eigenvalue weighted by Crippen LogP contribution is -2.29. The number of aromatic nitrogens is 1. The van der Waals surface area contributed by atoms with Crippen molar-refractivity contribution < 1.29 is 0 Å². The molecule has 1 aliphatic rings. The highest BCUT2D eigenvalue weighted by Gasteiger charge is 2.17. The van der Waals surface area contributed by atoms with Crippen LogP contribution in [0.3, 0.4) is 0 Å². The van der Waals surface area contributed by atoms with Crippen LogP contribution in [0.2, 0.25) is 0 Å². The number of nitrogens with one attached hydrogen (secondary N) is 1. The monoisotopic (exact) mass is 332 g/mol. The molecule has 4 rings (SSSR count). The molecule has 0 bridgehead atoms. The number of pyridine rings is 1. The van der Waals surface area contributed by atoms with E-state index in [0.29, 0.717) is 11.5 Å². The lowest BCUT2D eigenvalue weighted by molar-refractivity contribution is 0.744. The number of nitriles is 1. The maximum Gasteiger partial charge on any atom is 0.142 e. The van der Waals surface area contributed by atoms with E-state index in [0.717, 1.165) is 25.2 Å². The number of anilines is 3. The van der Waals surface area contributed by atoms with Crippen LogP contribution >= 0.6 is 11.3 Å². The van der Waals surface area contributed by atoms with Gasteiger partial charge in [0.15, 0.2) is 0 Å². The zero-order valence-electron chi connectivity index (χ0n) is 13.1. The third-order valence-corrected chi connectivity index (χ3v) is 5.20. The van der Waals surface area contributed by atoms with Gasteiger partial charge in [0.25, 0.3) is 0 Å². The first-order valence-electron chi connectivity index (χ1n) is 7.86. The molecule has 0 atom stereocenters. The second-order valence-corrected chi connectivity index (χ2v) is 6.73. The van der Waals surface area contributed by atoms with Crippen LogP contribution < -0.4 is 10.2 Å². The maximum absolute atomic E-state index is 8.92. The van der Waals surface area contributed by atoms with Crippen molar-refractivity contribution in [1.82, 2.24) is 4.98 Å². The molecule has 0 radical (unpaired) electrons. The van der Waals surface area contributed by atoms with Gasteiger partial charge in [0.1, 0.15) is 17.6 Å². The summed E-state index contributed by atoms with van der Waals surface area (Å²) in [7, 11) is 0. The zero-order valence-corrected chi connectivity index (χ0v) is 13.9. The van der Waals surface area contributed by atoms with Crippen molar-refractivity contribution in [2.45, 2.75) is 13.0 Å². The second kappa shape index (κ2) is 6.34. The Morgan fingerprint density at radius 2 is 2.00 bits per heavy atom. The number of hydrogen-bond acceptors (Lipinski definition) is 5. The normalized spacial score (nSPS) is 13.2. The standard InChI is InChI=1S/C19H16N4S/c20-12-16-2-1-3-19(22-16)21-15-4-6-17(7-5-15)23-10-8-18-14(13-23)9-11-24-18/h1-7,9,11H,8,10,13H2,(H,21,22). The Balaban J connectivity index is 1.48. The minimum absolute atomic E-state index is 0.413. The molecule has 1 N–H and O–H groups in total. The van der Waals surface area contributed by atoms with Gasteiger partial charge < -0.3 is 10.2 Å². The Kier molecular flexibility index (Phi) is 3.89. The van der Waals surface area contributed by atoms with Crippen molar-refractivity contribution in [1.29, 1.82) is 5.26 Å². The van der Waals surface area contributed by atoms with Crippen LogP contribution in [-0.4, -0.2) is 11.5 Å². The Morgan fingerprint density at radius 3 is 2.83 bits per heavy atom. The molecule has 1 aliphatic heterocycles. The third kappa shape index (κ3) is 2.97. The average Bonchev–Trinajstić information content (AvgIpc) is 3.10. The van der Waals surface area contributed by atoms with Crippen molar-refractivity contribution in [2.75, 3.05) is 16.8 Å². The molecule has 2 aromatic heterocycles. The summed E-state index contributed by atoms with van der Waals surface area (Å²) in [6.45, 7) is 2.05. The van der Waals surface area contributed by atoms with Crippen LogP contribution in [0.5, 0.6) is 0 Å². The summed E-state index contributed by atoms with van der Waals surface area (Å²) in [5.41, 5.74) is 4.06. The van der Waals surface area contributed by atoms with Gasteiger partial charge in [0.2, 0.25) is 0 Å². The fourth-order valence-corrected chi connectivity index (χ4v) is 3.83. The van der Waals surface area contributed by atoms with E-state index in [-0.39, 0.29) is 0 Å². The van der Waals surface area contributed by atoms with Gasteiger partial charge in [-0.05, 0) is 59.8 Å². The molecular formula is C19H16N4S. The molecule has 3 aromatic rings. The minimum Gasteiger partial charge on any atom is -0.367 e. The van der Waals surface area contributed by atoms with Gasteiger partial charge in [-0.3, -0.25) is 0 Å². The molecule has 0 unspecified atom stereocenters. The summed E-state index contributed by atoms with van der Waals surface area (Å²) < 4.78 is 0. The fourth-order valence-electron chi connectivity index (χ4n) is 2.94. The number of nitrogens with zero attached hydrogens (tertiary/aromatic N) is 3. The van der Waals surface area contributed by atoms with E-state index in [2.05, 4.69) is 57.0 Å². The highest BCUT2D eigenvalue weighted by atomic mass is 32.1. The molecule has 5 heteroatoms. The van der Waals surface area contributed by atoms with Gasteiger partial charge in [-0.1, -0.05) is 6.07 Å². The Hall–Kier alpha value is -2.84. The van der Waals surface area contributed by atoms with Crippen LogP contribution in [0.1, 0.15) is 16.1 Å². The van der Waals surface area contributed by atoms with Crippen molar-refractivity contribution in [3.8, 4) is 6.07 Å². The summed E-state index contributed by atoms with van der Waals surface area (Å²) in [5.74, 6) is 0.683. The highest BCUT2D eigenvalue weighted by Crippen LogP contribution is 2.28. The summed E-state index contributed by atoms with van der Waals surface area (Å²) >= 11 is 1.86. The maximum atomic E-state index is 8.92. The predicted octanol–water partition coefficient (Wildman–Crippen LogP) is 4.32. The molecular weight excluding hydrogens is 316 g/mol. The number of benzene rings is 1. The van der Waals surface area contributed by atoms with Crippen molar-refractivity contribution in [3.63, 3.8) is 0 Å². The van der Waals surface area contributed by atoms with E-state index in [1.54, 1.807) is 6.07 Å². The second-order valence-electron chi connectivity index (χ2n) is 5.73. The van der Waals surface area contributed by atoms with E-state index < -0.39 is 0 Å². The number of fused-ring (bicyclic) bond motifs is 1. The summed E-state index contributed by atoms with van der Waals surface area (Å²) in [4.78, 5) is 8.17. The van der Waals surface area contributed by atoms with E-state index in [1.807, 2.05) is 23.5 Å². The van der Waals surface area contributed by atoms with Crippen molar-refractivity contribution in [3.05, 3.63) is 70.0 Å². The van der Waals surface area contributed by atoms with Gasteiger partial charge in [-0.15, -0.1) is 11.3 Å². The van der Waals surface area contributed by atoms with Crippen molar-refractivity contribution >= 4 is 28.5 Å². The van der Waals surface area contributed by atoms with E-state index in [9.17, 15) is 0 Å². The SMILES string of the molecule is N#Cc1cccc(Nc2ccc(N3CCc4sccc4C3)cc2)n1. The largest absolute Gasteiger partial charge is 0.367 e. The molecule has 3 heterocycles. The zero-order chi connectivity index (χ0) is 16.4. The molecule has 0 saturated carbocycles. The summed E-state index contributed by atoms with van der Waals surface area (Å²) in [6.07, 6.45) is 1.12. The molecule has 0 fully saturated rings. The first-order chi connectivity index (χ1) is 11.8. The van der Waals surface area contributed by atoms with Crippen LogP contribution in [0.15, 0.2) is 53.9 Å². The van der Waals surface area contributed by atoms with Gasteiger partial charge in [-0.25, -0.2) is 4.98 Å². The summed E-state index contributed by atoms with van der Waals surface area (Å²) in [6, 6.07) is 18.0.